The van der Waals surface area contributed by atoms with Crippen LogP contribution in [-0.4, -0.2) is 22.1 Å². The minimum absolute atomic E-state index is 0. The van der Waals surface area contributed by atoms with Gasteiger partial charge in [0.25, 0.3) is 5.91 Å². The Morgan fingerprint density at radius 2 is 1.95 bits per heavy atom. The van der Waals surface area contributed by atoms with Crippen molar-refractivity contribution in [2.45, 2.75) is 18.4 Å². The van der Waals surface area contributed by atoms with Gasteiger partial charge in [0.2, 0.25) is 0 Å². The molecule has 0 radical (unpaired) electrons. The van der Waals surface area contributed by atoms with Gasteiger partial charge in [-0.2, -0.15) is 5.10 Å². The van der Waals surface area contributed by atoms with Crippen LogP contribution in [0.2, 0.25) is 0 Å². The Kier molecular flexibility index (Phi) is 5.56. The molecule has 1 aliphatic rings. The molecule has 2 atom stereocenters. The number of amides is 1. The second-order valence-electron chi connectivity index (χ2n) is 4.57. The van der Waals surface area contributed by atoms with Gasteiger partial charge >= 0.3 is 0 Å². The summed E-state index contributed by atoms with van der Waals surface area (Å²) in [6.45, 7) is 0. The first-order valence-electron chi connectivity index (χ1n) is 5.90. The lowest BCUT2D eigenvalue weighted by atomic mass is 10.1. The summed E-state index contributed by atoms with van der Waals surface area (Å²) in [5, 5.41) is 9.17. The van der Waals surface area contributed by atoms with Crippen molar-refractivity contribution in [2.24, 2.45) is 5.73 Å². The van der Waals surface area contributed by atoms with Crippen molar-refractivity contribution >= 4 is 36.4 Å². The predicted molar refractivity (Wildman–Crippen MR) is 82.8 cm³/mol. The molecule has 2 aromatic rings. The summed E-state index contributed by atoms with van der Waals surface area (Å²) in [4.78, 5) is 11.9. The first kappa shape index (κ1) is 16.5. The number of nitrogens with two attached hydrogens (primary N) is 1. The molecule has 1 fully saturated rings. The molecule has 0 spiro atoms. The van der Waals surface area contributed by atoms with Crippen LogP contribution in [0.5, 0.6) is 0 Å². The van der Waals surface area contributed by atoms with Gasteiger partial charge < -0.3 is 11.1 Å². The lowest BCUT2D eigenvalue weighted by Crippen LogP contribution is -2.11. The minimum atomic E-state index is -0.136. The highest BCUT2D eigenvalue weighted by molar-refractivity contribution is 6.04. The Morgan fingerprint density at radius 3 is 2.45 bits per heavy atom. The van der Waals surface area contributed by atoms with Gasteiger partial charge in [-0.1, -0.05) is 12.1 Å². The number of aromatic nitrogens is 2. The summed E-state index contributed by atoms with van der Waals surface area (Å²) in [7, 11) is 0. The quantitative estimate of drug-likeness (QED) is 0.813. The van der Waals surface area contributed by atoms with E-state index in [4.69, 9.17) is 5.73 Å². The Balaban J connectivity index is 0.000001000. The van der Waals surface area contributed by atoms with Crippen LogP contribution < -0.4 is 11.1 Å². The molecule has 1 aliphatic carbocycles. The van der Waals surface area contributed by atoms with Gasteiger partial charge in [0.1, 0.15) is 0 Å². The largest absolute Gasteiger partial charge is 0.327 e. The van der Waals surface area contributed by atoms with Crippen molar-refractivity contribution in [2.75, 3.05) is 5.32 Å². The van der Waals surface area contributed by atoms with E-state index < -0.39 is 0 Å². The summed E-state index contributed by atoms with van der Waals surface area (Å²) in [6, 6.07) is 7.89. The highest BCUT2D eigenvalue weighted by Gasteiger charge is 2.34. The van der Waals surface area contributed by atoms with E-state index in [0.717, 1.165) is 6.42 Å². The van der Waals surface area contributed by atoms with Gasteiger partial charge in [-0.3, -0.25) is 9.89 Å². The molecule has 108 valence electrons. The summed E-state index contributed by atoms with van der Waals surface area (Å²) in [5.41, 5.74) is 8.30. The maximum Gasteiger partial charge on any atom is 0.255 e. The molecular formula is C13H16Cl2N4O. The Morgan fingerprint density at radius 1 is 1.30 bits per heavy atom. The number of aromatic amines is 1. The third-order valence-corrected chi connectivity index (χ3v) is 3.20. The molecule has 1 saturated carbocycles. The monoisotopic (exact) mass is 314 g/mol. The molecule has 0 bridgehead atoms. The summed E-state index contributed by atoms with van der Waals surface area (Å²) < 4.78 is 0. The molecule has 0 saturated heterocycles. The number of H-pyrrole nitrogens is 1. The molecule has 2 unspecified atom stereocenters. The SMILES string of the molecule is Cl.Cl.NC1CC1c1ccc(C(=O)Nc2cn[nH]c2)cc1. The fourth-order valence-corrected chi connectivity index (χ4v) is 2.00. The van der Waals surface area contributed by atoms with E-state index in [9.17, 15) is 4.79 Å². The number of carbonyl (C=O) groups excluding carboxylic acids is 1. The van der Waals surface area contributed by atoms with Crippen molar-refractivity contribution < 1.29 is 4.79 Å². The van der Waals surface area contributed by atoms with Crippen LogP contribution in [0.3, 0.4) is 0 Å². The third-order valence-electron chi connectivity index (χ3n) is 3.20. The number of nitrogens with zero attached hydrogens (tertiary/aromatic N) is 1. The van der Waals surface area contributed by atoms with E-state index >= 15 is 0 Å². The van der Waals surface area contributed by atoms with E-state index in [2.05, 4.69) is 15.5 Å². The van der Waals surface area contributed by atoms with E-state index in [1.807, 2.05) is 24.3 Å². The smallest absolute Gasteiger partial charge is 0.255 e. The number of hydrogen-bond acceptors (Lipinski definition) is 3. The molecular weight excluding hydrogens is 299 g/mol. The normalized spacial score (nSPS) is 19.4. The Bertz CT molecular complexity index is 556. The van der Waals surface area contributed by atoms with Gasteiger partial charge in [-0.15, -0.1) is 24.8 Å². The molecule has 1 heterocycles. The minimum Gasteiger partial charge on any atom is -0.327 e. The Hall–Kier alpha value is -1.56. The molecule has 1 aromatic carbocycles. The average Bonchev–Trinajstić information content (AvgIpc) is 2.89. The second-order valence-corrected chi connectivity index (χ2v) is 4.57. The highest BCUT2D eigenvalue weighted by atomic mass is 35.5. The van der Waals surface area contributed by atoms with Gasteiger partial charge in [-0.05, 0) is 24.1 Å². The standard InChI is InChI=1S/C13H14N4O.2ClH/c14-12-5-11(12)8-1-3-9(4-2-8)13(18)17-10-6-15-16-7-10;;/h1-4,6-7,11-12H,5,14H2,(H,15,16)(H,17,18);2*1H. The maximum absolute atomic E-state index is 11.9. The highest BCUT2D eigenvalue weighted by Crippen LogP contribution is 2.38. The zero-order valence-corrected chi connectivity index (χ0v) is 12.2. The van der Waals surface area contributed by atoms with Gasteiger partial charge in [0, 0.05) is 23.7 Å². The molecule has 7 heteroatoms. The van der Waals surface area contributed by atoms with Crippen molar-refractivity contribution in [3.8, 4) is 0 Å². The lowest BCUT2D eigenvalue weighted by Gasteiger charge is -2.04. The molecule has 1 aromatic heterocycles. The second kappa shape index (κ2) is 6.74. The van der Waals surface area contributed by atoms with E-state index in [1.165, 1.54) is 5.56 Å². The maximum atomic E-state index is 11.9. The Labute approximate surface area is 129 Å². The van der Waals surface area contributed by atoms with Crippen LogP contribution in [0.25, 0.3) is 0 Å². The van der Waals surface area contributed by atoms with Crippen molar-refractivity contribution in [3.05, 3.63) is 47.8 Å². The van der Waals surface area contributed by atoms with Crippen LogP contribution >= 0.6 is 24.8 Å². The van der Waals surface area contributed by atoms with Crippen LogP contribution in [-0.2, 0) is 0 Å². The zero-order chi connectivity index (χ0) is 12.5. The van der Waals surface area contributed by atoms with E-state index in [-0.39, 0.29) is 36.8 Å². The van der Waals surface area contributed by atoms with Crippen LogP contribution in [0.15, 0.2) is 36.7 Å². The molecule has 4 N–H and O–H groups in total. The number of halogens is 2. The number of hydrogen-bond donors (Lipinski definition) is 3. The average molecular weight is 315 g/mol. The zero-order valence-electron chi connectivity index (χ0n) is 10.6. The molecule has 3 rings (SSSR count). The summed E-state index contributed by atoms with van der Waals surface area (Å²) in [6.07, 6.45) is 4.24. The molecule has 20 heavy (non-hydrogen) atoms. The van der Waals surface area contributed by atoms with Crippen molar-refractivity contribution in [1.82, 2.24) is 10.2 Å². The fraction of sp³-hybridized carbons (Fsp3) is 0.231. The van der Waals surface area contributed by atoms with Crippen molar-refractivity contribution in [1.29, 1.82) is 0 Å². The predicted octanol–water partition coefficient (Wildman–Crippen LogP) is 2.32. The molecule has 5 nitrogen and oxygen atoms in total. The number of nitrogens with one attached hydrogen (secondary N) is 2. The third kappa shape index (κ3) is 3.50. The number of benzene rings is 1. The first-order valence-corrected chi connectivity index (χ1v) is 5.90. The molecule has 1 amide bonds. The van der Waals surface area contributed by atoms with E-state index in [0.29, 0.717) is 17.2 Å². The fourth-order valence-electron chi connectivity index (χ4n) is 2.00. The summed E-state index contributed by atoms with van der Waals surface area (Å²) >= 11 is 0. The summed E-state index contributed by atoms with van der Waals surface area (Å²) in [5.74, 6) is 0.332. The van der Waals surface area contributed by atoms with Crippen LogP contribution in [0, 0.1) is 0 Å². The lowest BCUT2D eigenvalue weighted by molar-refractivity contribution is 0.102. The van der Waals surface area contributed by atoms with Gasteiger partial charge in [-0.25, -0.2) is 0 Å². The van der Waals surface area contributed by atoms with Crippen LogP contribution in [0.1, 0.15) is 28.3 Å². The van der Waals surface area contributed by atoms with Gasteiger partial charge in [0.05, 0.1) is 11.9 Å². The number of anilines is 1. The van der Waals surface area contributed by atoms with Gasteiger partial charge in [0.15, 0.2) is 0 Å². The topological polar surface area (TPSA) is 83.8 Å². The van der Waals surface area contributed by atoms with Crippen molar-refractivity contribution in [3.63, 3.8) is 0 Å². The number of carbonyl (C=O) groups is 1. The van der Waals surface area contributed by atoms with Crippen LogP contribution in [0.4, 0.5) is 5.69 Å². The first-order chi connectivity index (χ1) is 8.74. The molecule has 0 aliphatic heterocycles. The van der Waals surface area contributed by atoms with E-state index in [1.54, 1.807) is 12.4 Å². The number of rotatable bonds is 3.